The summed E-state index contributed by atoms with van der Waals surface area (Å²) >= 11 is 0. The van der Waals surface area contributed by atoms with Gasteiger partial charge in [-0.3, -0.25) is 14.9 Å². The third kappa shape index (κ3) is 3.86. The maximum Gasteiger partial charge on any atom is 0.272 e. The molecule has 5 nitrogen and oxygen atoms in total. The number of hydrogen-bond acceptors (Lipinski definition) is 3. The van der Waals surface area contributed by atoms with Crippen molar-refractivity contribution in [2.24, 2.45) is 11.8 Å². The molecular formula is C17H23FN2O3. The first-order valence-electron chi connectivity index (χ1n) is 8.06. The first-order chi connectivity index (χ1) is 10.8. The molecule has 2 atom stereocenters. The lowest BCUT2D eigenvalue weighted by molar-refractivity contribution is -0.385. The SMILES string of the molecule is CC1CCC(C(C)C)N(C(=O)c2ccc([N+](=O)[O-])cc2F)CC1. The summed E-state index contributed by atoms with van der Waals surface area (Å²) in [5, 5.41) is 10.7. The standard InChI is InChI=1S/C17H23FN2O3/c1-11(2)16-7-4-12(3)8-9-19(16)17(21)14-6-5-13(20(22)23)10-15(14)18/h5-6,10-12,16H,4,7-9H2,1-3H3. The van der Waals surface area contributed by atoms with Crippen LogP contribution < -0.4 is 0 Å². The van der Waals surface area contributed by atoms with Crippen LogP contribution in [0, 0.1) is 27.8 Å². The number of nitro groups is 1. The maximum absolute atomic E-state index is 14.2. The molecule has 1 aromatic rings. The number of benzene rings is 1. The fourth-order valence-corrected chi connectivity index (χ4v) is 3.17. The highest BCUT2D eigenvalue weighted by Crippen LogP contribution is 2.28. The van der Waals surface area contributed by atoms with Gasteiger partial charge in [-0.2, -0.15) is 0 Å². The van der Waals surface area contributed by atoms with E-state index in [0.29, 0.717) is 12.5 Å². The summed E-state index contributed by atoms with van der Waals surface area (Å²) in [6, 6.07) is 3.29. The quantitative estimate of drug-likeness (QED) is 0.623. The summed E-state index contributed by atoms with van der Waals surface area (Å²) in [6.45, 7) is 6.89. The van der Waals surface area contributed by atoms with E-state index in [-0.39, 0.29) is 29.1 Å². The van der Waals surface area contributed by atoms with Gasteiger partial charge in [0.2, 0.25) is 0 Å². The largest absolute Gasteiger partial charge is 0.335 e. The van der Waals surface area contributed by atoms with Gasteiger partial charge in [-0.25, -0.2) is 4.39 Å². The van der Waals surface area contributed by atoms with Crippen molar-refractivity contribution < 1.29 is 14.1 Å². The topological polar surface area (TPSA) is 63.5 Å². The van der Waals surface area contributed by atoms with Crippen LogP contribution in [0.3, 0.4) is 0 Å². The average molecular weight is 322 g/mol. The minimum atomic E-state index is -0.830. The molecule has 1 heterocycles. The Bertz CT molecular complexity index is 604. The molecule has 1 aliphatic rings. The Kier molecular flexibility index (Phi) is 5.34. The summed E-state index contributed by atoms with van der Waals surface area (Å²) in [5.74, 6) is -0.379. The molecule has 0 bridgehead atoms. The molecule has 23 heavy (non-hydrogen) atoms. The average Bonchev–Trinajstić information content (AvgIpc) is 2.68. The van der Waals surface area contributed by atoms with E-state index < -0.39 is 10.7 Å². The highest BCUT2D eigenvalue weighted by molar-refractivity contribution is 5.95. The molecule has 1 aliphatic heterocycles. The van der Waals surface area contributed by atoms with E-state index in [2.05, 4.69) is 20.8 Å². The molecule has 1 amide bonds. The van der Waals surface area contributed by atoms with Crippen LogP contribution in [0.15, 0.2) is 18.2 Å². The van der Waals surface area contributed by atoms with Crippen LogP contribution in [0.25, 0.3) is 0 Å². The monoisotopic (exact) mass is 322 g/mol. The van der Waals surface area contributed by atoms with Gasteiger partial charge in [0.1, 0.15) is 5.82 Å². The fraction of sp³-hybridized carbons (Fsp3) is 0.588. The summed E-state index contributed by atoms with van der Waals surface area (Å²) in [7, 11) is 0. The van der Waals surface area contributed by atoms with Crippen LogP contribution in [0.4, 0.5) is 10.1 Å². The van der Waals surface area contributed by atoms with E-state index in [4.69, 9.17) is 0 Å². The van der Waals surface area contributed by atoms with Gasteiger partial charge in [-0.15, -0.1) is 0 Å². The molecule has 1 aromatic carbocycles. The Morgan fingerprint density at radius 2 is 2.04 bits per heavy atom. The third-order valence-corrected chi connectivity index (χ3v) is 4.64. The molecule has 0 aromatic heterocycles. The van der Waals surface area contributed by atoms with Gasteiger partial charge in [0, 0.05) is 18.7 Å². The Hall–Kier alpha value is -1.98. The summed E-state index contributed by atoms with van der Waals surface area (Å²) < 4.78 is 14.2. The van der Waals surface area contributed by atoms with E-state index in [9.17, 15) is 19.3 Å². The number of halogens is 1. The Balaban J connectivity index is 2.31. The smallest absolute Gasteiger partial charge is 0.272 e. The second kappa shape index (κ2) is 7.06. The minimum Gasteiger partial charge on any atom is -0.335 e. The molecule has 0 saturated carbocycles. The predicted octanol–water partition coefficient (Wildman–Crippen LogP) is 4.02. The van der Waals surface area contributed by atoms with Crippen LogP contribution in [0.2, 0.25) is 0 Å². The van der Waals surface area contributed by atoms with Crippen molar-refractivity contribution in [2.45, 2.75) is 46.1 Å². The number of carbonyl (C=O) groups excluding carboxylic acids is 1. The van der Waals surface area contributed by atoms with E-state index in [1.807, 2.05) is 0 Å². The van der Waals surface area contributed by atoms with Crippen molar-refractivity contribution in [3.05, 3.63) is 39.7 Å². The van der Waals surface area contributed by atoms with Crippen molar-refractivity contribution in [1.29, 1.82) is 0 Å². The number of likely N-dealkylation sites (tertiary alicyclic amines) is 1. The number of non-ortho nitro benzene ring substituents is 1. The van der Waals surface area contributed by atoms with Crippen molar-refractivity contribution in [1.82, 2.24) is 4.90 Å². The number of nitro benzene ring substituents is 1. The second-order valence-electron chi connectivity index (χ2n) is 6.70. The van der Waals surface area contributed by atoms with Crippen LogP contribution in [-0.4, -0.2) is 28.3 Å². The van der Waals surface area contributed by atoms with Crippen molar-refractivity contribution in [2.75, 3.05) is 6.54 Å². The van der Waals surface area contributed by atoms with Crippen LogP contribution in [0.5, 0.6) is 0 Å². The zero-order valence-electron chi connectivity index (χ0n) is 13.8. The highest BCUT2D eigenvalue weighted by atomic mass is 19.1. The number of hydrogen-bond donors (Lipinski definition) is 0. The molecule has 126 valence electrons. The van der Waals surface area contributed by atoms with E-state index in [1.165, 1.54) is 12.1 Å². The van der Waals surface area contributed by atoms with E-state index in [0.717, 1.165) is 25.3 Å². The van der Waals surface area contributed by atoms with Crippen LogP contribution >= 0.6 is 0 Å². The molecule has 1 fully saturated rings. The Labute approximate surface area is 135 Å². The van der Waals surface area contributed by atoms with Crippen LogP contribution in [-0.2, 0) is 0 Å². The molecule has 6 heteroatoms. The Morgan fingerprint density at radius 3 is 2.61 bits per heavy atom. The summed E-state index contributed by atoms with van der Waals surface area (Å²) in [6.07, 6.45) is 2.85. The third-order valence-electron chi connectivity index (χ3n) is 4.64. The Morgan fingerprint density at radius 1 is 1.35 bits per heavy atom. The van der Waals surface area contributed by atoms with Gasteiger partial charge in [0.05, 0.1) is 16.6 Å². The fourth-order valence-electron chi connectivity index (χ4n) is 3.17. The lowest BCUT2D eigenvalue weighted by atomic mass is 9.95. The van der Waals surface area contributed by atoms with E-state index >= 15 is 0 Å². The van der Waals surface area contributed by atoms with Gasteiger partial charge in [0.15, 0.2) is 0 Å². The lowest BCUT2D eigenvalue weighted by Crippen LogP contribution is -2.43. The molecule has 2 unspecified atom stereocenters. The summed E-state index contributed by atoms with van der Waals surface area (Å²) in [4.78, 5) is 24.6. The number of amides is 1. The molecule has 0 radical (unpaired) electrons. The number of carbonyl (C=O) groups is 1. The molecular weight excluding hydrogens is 299 g/mol. The zero-order chi connectivity index (χ0) is 17.1. The van der Waals surface area contributed by atoms with Gasteiger partial charge in [-0.05, 0) is 37.2 Å². The second-order valence-corrected chi connectivity index (χ2v) is 6.70. The molecule has 0 aliphatic carbocycles. The minimum absolute atomic E-state index is 0.0713. The van der Waals surface area contributed by atoms with Gasteiger partial charge in [0.25, 0.3) is 11.6 Å². The van der Waals surface area contributed by atoms with Crippen molar-refractivity contribution >= 4 is 11.6 Å². The van der Waals surface area contributed by atoms with Crippen molar-refractivity contribution in [3.63, 3.8) is 0 Å². The maximum atomic E-state index is 14.2. The van der Waals surface area contributed by atoms with Gasteiger partial charge in [-0.1, -0.05) is 20.8 Å². The first kappa shape index (κ1) is 17.4. The zero-order valence-corrected chi connectivity index (χ0v) is 13.8. The van der Waals surface area contributed by atoms with Gasteiger partial charge < -0.3 is 4.90 Å². The van der Waals surface area contributed by atoms with Crippen LogP contribution in [0.1, 0.15) is 50.4 Å². The molecule has 0 spiro atoms. The predicted molar refractivity (Wildman–Crippen MR) is 85.7 cm³/mol. The molecule has 2 rings (SSSR count). The van der Waals surface area contributed by atoms with Crippen molar-refractivity contribution in [3.8, 4) is 0 Å². The number of rotatable bonds is 3. The number of nitrogens with zero attached hydrogens (tertiary/aromatic N) is 2. The van der Waals surface area contributed by atoms with Gasteiger partial charge >= 0.3 is 0 Å². The molecule has 1 saturated heterocycles. The molecule has 0 N–H and O–H groups in total. The normalized spacial score (nSPS) is 22.0. The first-order valence-corrected chi connectivity index (χ1v) is 8.06. The highest BCUT2D eigenvalue weighted by Gasteiger charge is 2.31. The van der Waals surface area contributed by atoms with E-state index in [1.54, 1.807) is 4.90 Å². The lowest BCUT2D eigenvalue weighted by Gasteiger charge is -2.33. The summed E-state index contributed by atoms with van der Waals surface area (Å²) in [5.41, 5.74) is -0.431.